The molecule has 0 spiro atoms. The highest BCUT2D eigenvalue weighted by atomic mass is 35.5. The van der Waals surface area contributed by atoms with Gasteiger partial charge in [-0.3, -0.25) is 0 Å². The smallest absolute Gasteiger partial charge is 0.246 e. The number of hydrogen-bond donors (Lipinski definition) is 1. The van der Waals surface area contributed by atoms with E-state index in [1.807, 2.05) is 26.8 Å². The predicted molar refractivity (Wildman–Crippen MR) is 90.3 cm³/mol. The van der Waals surface area contributed by atoms with Gasteiger partial charge in [0.05, 0.1) is 7.11 Å². The minimum absolute atomic E-state index is 0. The minimum Gasteiger partial charge on any atom is -0.495 e. The van der Waals surface area contributed by atoms with Crippen LogP contribution in [0.25, 0.3) is 0 Å². The number of methoxy groups -OCH3 is 1. The van der Waals surface area contributed by atoms with Crippen molar-refractivity contribution in [3.63, 3.8) is 0 Å². The summed E-state index contributed by atoms with van der Waals surface area (Å²) in [6.07, 6.45) is 0.788. The number of benzene rings is 1. The van der Waals surface area contributed by atoms with Gasteiger partial charge in [-0.1, -0.05) is 13.0 Å². The molecule has 1 aliphatic rings. The first-order chi connectivity index (χ1) is 9.73. The number of aryl methyl sites for hydroxylation is 2. The van der Waals surface area contributed by atoms with Gasteiger partial charge in [0, 0.05) is 13.1 Å². The Balaban J connectivity index is 0.00000242. The van der Waals surface area contributed by atoms with Crippen LogP contribution in [-0.4, -0.2) is 39.5 Å². The average molecular weight is 349 g/mol. The maximum absolute atomic E-state index is 12.9. The van der Waals surface area contributed by atoms with Gasteiger partial charge in [0.15, 0.2) is 0 Å². The normalized spacial score (nSPS) is 22.4. The number of sulfonamides is 1. The van der Waals surface area contributed by atoms with Crippen LogP contribution in [-0.2, 0) is 10.0 Å². The Labute approximate surface area is 139 Å². The molecule has 1 aliphatic heterocycles. The van der Waals surface area contributed by atoms with Crippen LogP contribution in [0.15, 0.2) is 17.0 Å². The van der Waals surface area contributed by atoms with Crippen LogP contribution < -0.4 is 10.5 Å². The van der Waals surface area contributed by atoms with Crippen LogP contribution in [0.2, 0.25) is 0 Å². The van der Waals surface area contributed by atoms with Crippen LogP contribution in [0, 0.1) is 19.3 Å². The topological polar surface area (TPSA) is 72.6 Å². The Hall–Kier alpha value is -0.820. The van der Waals surface area contributed by atoms with Crippen LogP contribution in [0.1, 0.15) is 24.5 Å². The zero-order valence-corrected chi connectivity index (χ0v) is 15.2. The summed E-state index contributed by atoms with van der Waals surface area (Å²) >= 11 is 0. The van der Waals surface area contributed by atoms with Crippen molar-refractivity contribution in [1.29, 1.82) is 0 Å². The molecule has 1 aromatic carbocycles. The molecule has 1 saturated heterocycles. The molecular weight excluding hydrogens is 324 g/mol. The maximum Gasteiger partial charge on any atom is 0.246 e. The number of nitrogens with two attached hydrogens (primary N) is 1. The largest absolute Gasteiger partial charge is 0.495 e. The molecule has 1 fully saturated rings. The number of halogens is 1. The molecule has 7 heteroatoms. The van der Waals surface area contributed by atoms with E-state index in [9.17, 15) is 8.42 Å². The van der Waals surface area contributed by atoms with Gasteiger partial charge in [-0.2, -0.15) is 4.31 Å². The number of nitrogens with zero attached hydrogens (tertiary/aromatic N) is 1. The molecule has 0 aliphatic carbocycles. The lowest BCUT2D eigenvalue weighted by Gasteiger charge is -2.23. The van der Waals surface area contributed by atoms with E-state index in [1.165, 1.54) is 11.4 Å². The molecule has 2 N–H and O–H groups in total. The molecule has 1 atom stereocenters. The summed E-state index contributed by atoms with van der Waals surface area (Å²) in [4.78, 5) is 0.253. The molecule has 1 unspecified atom stereocenters. The SMILES string of the molecule is COc1c(C)cc(C)cc1S(=O)(=O)N1CCC(C)(CN)C1.Cl. The second kappa shape index (κ2) is 6.74. The second-order valence-corrected chi connectivity index (χ2v) is 8.12. The Morgan fingerprint density at radius 2 is 2.00 bits per heavy atom. The summed E-state index contributed by atoms with van der Waals surface area (Å²) < 4.78 is 32.7. The third-order valence-electron chi connectivity index (χ3n) is 4.22. The predicted octanol–water partition coefficient (Wildman–Crippen LogP) is 2.09. The Bertz CT molecular complexity index is 648. The van der Waals surface area contributed by atoms with Gasteiger partial charge in [0.25, 0.3) is 0 Å². The van der Waals surface area contributed by atoms with Crippen molar-refractivity contribution in [3.05, 3.63) is 23.3 Å². The Morgan fingerprint density at radius 1 is 1.36 bits per heavy atom. The van der Waals surface area contributed by atoms with Crippen molar-refractivity contribution in [2.24, 2.45) is 11.1 Å². The highest BCUT2D eigenvalue weighted by molar-refractivity contribution is 7.89. The zero-order valence-electron chi connectivity index (χ0n) is 13.5. The maximum atomic E-state index is 12.9. The van der Waals surface area contributed by atoms with E-state index < -0.39 is 10.0 Å². The fourth-order valence-corrected chi connectivity index (χ4v) is 4.76. The summed E-state index contributed by atoms with van der Waals surface area (Å²) in [6.45, 7) is 7.23. The standard InChI is InChI=1S/C15H24N2O3S.ClH/c1-11-7-12(2)14(20-4)13(8-11)21(18,19)17-6-5-15(3,9-16)10-17;/h7-8H,5-6,9-10,16H2,1-4H3;1H. The van der Waals surface area contributed by atoms with E-state index in [0.29, 0.717) is 25.4 Å². The van der Waals surface area contributed by atoms with Gasteiger partial charge in [-0.15, -0.1) is 12.4 Å². The Morgan fingerprint density at radius 3 is 2.50 bits per heavy atom. The van der Waals surface area contributed by atoms with Gasteiger partial charge in [-0.25, -0.2) is 8.42 Å². The fraction of sp³-hybridized carbons (Fsp3) is 0.600. The van der Waals surface area contributed by atoms with E-state index in [0.717, 1.165) is 17.5 Å². The lowest BCUT2D eigenvalue weighted by molar-refractivity contribution is 0.348. The minimum atomic E-state index is -3.55. The van der Waals surface area contributed by atoms with Gasteiger partial charge in [0.2, 0.25) is 10.0 Å². The van der Waals surface area contributed by atoms with Crippen LogP contribution in [0.4, 0.5) is 0 Å². The third-order valence-corrected chi connectivity index (χ3v) is 6.07. The summed E-state index contributed by atoms with van der Waals surface area (Å²) in [5.41, 5.74) is 7.37. The molecule has 0 bridgehead atoms. The molecule has 2 rings (SSSR count). The molecule has 5 nitrogen and oxygen atoms in total. The quantitative estimate of drug-likeness (QED) is 0.904. The van der Waals surface area contributed by atoms with Crippen molar-refractivity contribution in [2.45, 2.75) is 32.1 Å². The van der Waals surface area contributed by atoms with Crippen molar-refractivity contribution in [2.75, 3.05) is 26.7 Å². The van der Waals surface area contributed by atoms with Crippen LogP contribution >= 0.6 is 12.4 Å². The summed E-state index contributed by atoms with van der Waals surface area (Å²) in [5.74, 6) is 0.432. The van der Waals surface area contributed by atoms with Gasteiger partial charge < -0.3 is 10.5 Å². The van der Waals surface area contributed by atoms with Gasteiger partial charge in [0.1, 0.15) is 10.6 Å². The highest BCUT2D eigenvalue weighted by Crippen LogP contribution is 2.36. The lowest BCUT2D eigenvalue weighted by Crippen LogP contribution is -2.34. The summed E-state index contributed by atoms with van der Waals surface area (Å²) in [6, 6.07) is 3.60. The van der Waals surface area contributed by atoms with Crippen molar-refractivity contribution in [3.8, 4) is 5.75 Å². The van der Waals surface area contributed by atoms with E-state index in [-0.39, 0.29) is 22.7 Å². The monoisotopic (exact) mass is 348 g/mol. The highest BCUT2D eigenvalue weighted by Gasteiger charge is 2.40. The number of ether oxygens (including phenoxy) is 1. The molecule has 0 radical (unpaired) electrons. The van der Waals surface area contributed by atoms with Crippen molar-refractivity contribution < 1.29 is 13.2 Å². The first-order valence-corrected chi connectivity index (χ1v) is 8.53. The Kier molecular flexibility index (Phi) is 5.89. The second-order valence-electron chi connectivity index (χ2n) is 6.22. The molecule has 0 saturated carbocycles. The van der Waals surface area contributed by atoms with E-state index in [4.69, 9.17) is 10.5 Å². The molecule has 0 amide bonds. The molecule has 22 heavy (non-hydrogen) atoms. The summed E-state index contributed by atoms with van der Waals surface area (Å²) in [5, 5.41) is 0. The first-order valence-electron chi connectivity index (χ1n) is 7.09. The van der Waals surface area contributed by atoms with E-state index in [2.05, 4.69) is 0 Å². The number of hydrogen-bond acceptors (Lipinski definition) is 4. The van der Waals surface area contributed by atoms with E-state index >= 15 is 0 Å². The molecule has 1 heterocycles. The molecule has 0 aromatic heterocycles. The van der Waals surface area contributed by atoms with Gasteiger partial charge >= 0.3 is 0 Å². The molecular formula is C15H25ClN2O3S. The molecule has 126 valence electrons. The molecule has 1 aromatic rings. The van der Waals surface area contributed by atoms with Crippen molar-refractivity contribution in [1.82, 2.24) is 4.31 Å². The van der Waals surface area contributed by atoms with Crippen LogP contribution in [0.3, 0.4) is 0 Å². The average Bonchev–Trinajstić information content (AvgIpc) is 2.82. The first kappa shape index (κ1) is 19.2. The third kappa shape index (κ3) is 3.40. The lowest BCUT2D eigenvalue weighted by atomic mass is 9.90. The van der Waals surface area contributed by atoms with Gasteiger partial charge in [-0.05, 0) is 49.4 Å². The number of rotatable bonds is 4. The van der Waals surface area contributed by atoms with Crippen LogP contribution in [0.5, 0.6) is 5.75 Å². The van der Waals surface area contributed by atoms with E-state index in [1.54, 1.807) is 6.07 Å². The fourth-order valence-electron chi connectivity index (χ4n) is 2.86. The van der Waals surface area contributed by atoms with Crippen molar-refractivity contribution >= 4 is 22.4 Å². The summed E-state index contributed by atoms with van der Waals surface area (Å²) in [7, 11) is -2.05. The zero-order chi connectivity index (χ0) is 15.8.